The summed E-state index contributed by atoms with van der Waals surface area (Å²) >= 11 is 17.7. The molecule has 0 radical (unpaired) electrons. The number of amides is 1. The third kappa shape index (κ3) is 4.50. The van der Waals surface area contributed by atoms with Gasteiger partial charge in [-0.3, -0.25) is 9.78 Å². The topological polar surface area (TPSA) is 42.4 Å². The average molecular weight is 360 g/mol. The van der Waals surface area contributed by atoms with Crippen LogP contribution in [0.3, 0.4) is 0 Å². The van der Waals surface area contributed by atoms with Gasteiger partial charge in [-0.25, -0.2) is 0 Å². The summed E-state index contributed by atoms with van der Waals surface area (Å²) in [6.45, 7) is 0.305. The van der Waals surface area contributed by atoms with Crippen molar-refractivity contribution in [3.8, 4) is 5.75 Å². The van der Waals surface area contributed by atoms with Gasteiger partial charge in [-0.2, -0.15) is 0 Å². The monoisotopic (exact) mass is 358 g/mol. The van der Waals surface area contributed by atoms with E-state index in [0.29, 0.717) is 27.4 Å². The Kier molecular flexibility index (Phi) is 5.89. The standard InChI is InChI=1S/C15H13Cl3N2O2/c1-20(8-10-3-2-4-19-7-10)15(21)9-22-14-6-12(17)11(16)5-13(14)18/h2-7H,8-9H2,1H3. The van der Waals surface area contributed by atoms with Crippen LogP contribution in [0.2, 0.25) is 15.1 Å². The molecule has 116 valence electrons. The largest absolute Gasteiger partial charge is 0.482 e. The second-order valence-corrected chi connectivity index (χ2v) is 5.82. The summed E-state index contributed by atoms with van der Waals surface area (Å²) in [7, 11) is 1.69. The molecule has 0 atom stereocenters. The molecule has 0 saturated carbocycles. The fourth-order valence-corrected chi connectivity index (χ4v) is 2.31. The molecule has 4 nitrogen and oxygen atoms in total. The highest BCUT2D eigenvalue weighted by atomic mass is 35.5. The molecule has 0 aliphatic carbocycles. The van der Waals surface area contributed by atoms with Crippen molar-refractivity contribution in [2.75, 3.05) is 13.7 Å². The smallest absolute Gasteiger partial charge is 0.260 e. The van der Waals surface area contributed by atoms with E-state index in [0.717, 1.165) is 5.56 Å². The molecule has 0 saturated heterocycles. The lowest BCUT2D eigenvalue weighted by atomic mass is 10.3. The normalized spacial score (nSPS) is 10.4. The lowest BCUT2D eigenvalue weighted by molar-refractivity contribution is -0.132. The molecule has 7 heteroatoms. The van der Waals surface area contributed by atoms with Crippen LogP contribution in [0, 0.1) is 0 Å². The number of hydrogen-bond donors (Lipinski definition) is 0. The molecule has 1 aromatic heterocycles. The number of hydrogen-bond acceptors (Lipinski definition) is 3. The summed E-state index contributed by atoms with van der Waals surface area (Å²) in [6, 6.07) is 6.68. The van der Waals surface area contributed by atoms with Crippen molar-refractivity contribution in [1.29, 1.82) is 0 Å². The second kappa shape index (κ2) is 7.68. The van der Waals surface area contributed by atoms with Crippen molar-refractivity contribution in [2.24, 2.45) is 0 Å². The predicted molar refractivity (Wildman–Crippen MR) is 87.7 cm³/mol. The van der Waals surface area contributed by atoms with Crippen molar-refractivity contribution >= 4 is 40.7 Å². The highest BCUT2D eigenvalue weighted by Gasteiger charge is 2.13. The first kappa shape index (κ1) is 16.9. The Labute approximate surface area is 143 Å². The Morgan fingerprint density at radius 1 is 1.23 bits per heavy atom. The number of rotatable bonds is 5. The highest BCUT2D eigenvalue weighted by Crippen LogP contribution is 2.33. The zero-order chi connectivity index (χ0) is 16.1. The maximum atomic E-state index is 12.1. The van der Waals surface area contributed by atoms with Crippen molar-refractivity contribution in [3.63, 3.8) is 0 Å². The van der Waals surface area contributed by atoms with Gasteiger partial charge in [0.2, 0.25) is 0 Å². The van der Waals surface area contributed by atoms with Crippen LogP contribution in [0.1, 0.15) is 5.56 Å². The fraction of sp³-hybridized carbons (Fsp3) is 0.200. The van der Waals surface area contributed by atoms with Gasteiger partial charge in [-0.15, -0.1) is 0 Å². The molecule has 1 heterocycles. The minimum Gasteiger partial charge on any atom is -0.482 e. The van der Waals surface area contributed by atoms with Gasteiger partial charge >= 0.3 is 0 Å². The van der Waals surface area contributed by atoms with E-state index in [4.69, 9.17) is 39.5 Å². The molecular weight excluding hydrogens is 347 g/mol. The van der Waals surface area contributed by atoms with Gasteiger partial charge in [0, 0.05) is 32.1 Å². The van der Waals surface area contributed by atoms with Crippen molar-refractivity contribution < 1.29 is 9.53 Å². The molecule has 2 rings (SSSR count). The predicted octanol–water partition coefficient (Wildman–Crippen LogP) is 4.08. The summed E-state index contributed by atoms with van der Waals surface area (Å²) in [5, 5.41) is 0.952. The van der Waals surface area contributed by atoms with E-state index in [-0.39, 0.29) is 12.5 Å². The summed E-state index contributed by atoms with van der Waals surface area (Å²) in [5.74, 6) is 0.130. The first-order valence-electron chi connectivity index (χ1n) is 6.37. The van der Waals surface area contributed by atoms with Gasteiger partial charge in [-0.05, 0) is 17.7 Å². The van der Waals surface area contributed by atoms with Crippen LogP contribution in [0.5, 0.6) is 5.75 Å². The van der Waals surface area contributed by atoms with E-state index in [1.807, 2.05) is 12.1 Å². The SMILES string of the molecule is CN(Cc1cccnc1)C(=O)COc1cc(Cl)c(Cl)cc1Cl. The van der Waals surface area contributed by atoms with E-state index in [1.165, 1.54) is 12.1 Å². The molecule has 1 amide bonds. The van der Waals surface area contributed by atoms with E-state index in [9.17, 15) is 4.79 Å². The lowest BCUT2D eigenvalue weighted by Gasteiger charge is -2.17. The van der Waals surface area contributed by atoms with Crippen LogP contribution >= 0.6 is 34.8 Å². The highest BCUT2D eigenvalue weighted by molar-refractivity contribution is 6.43. The number of likely N-dealkylation sites (N-methyl/N-ethyl adjacent to an activating group) is 1. The molecule has 0 fully saturated rings. The van der Waals surface area contributed by atoms with Crippen LogP contribution in [0.25, 0.3) is 0 Å². The van der Waals surface area contributed by atoms with Gasteiger partial charge in [0.1, 0.15) is 5.75 Å². The third-order valence-corrected chi connectivity index (χ3v) is 3.91. The summed E-state index contributed by atoms with van der Waals surface area (Å²) in [6.07, 6.45) is 3.39. The minimum absolute atomic E-state index is 0.144. The van der Waals surface area contributed by atoms with Crippen LogP contribution in [0.15, 0.2) is 36.7 Å². The van der Waals surface area contributed by atoms with Gasteiger partial charge in [-0.1, -0.05) is 40.9 Å². The van der Waals surface area contributed by atoms with Crippen LogP contribution in [0.4, 0.5) is 0 Å². The molecule has 0 N–H and O–H groups in total. The van der Waals surface area contributed by atoms with Crippen molar-refractivity contribution in [2.45, 2.75) is 6.54 Å². The maximum Gasteiger partial charge on any atom is 0.260 e. The molecule has 1 aromatic carbocycles. The summed E-state index contributed by atoms with van der Waals surface area (Å²) < 4.78 is 5.41. The molecule has 0 unspecified atom stereocenters. The fourth-order valence-electron chi connectivity index (χ4n) is 1.72. The Bertz CT molecular complexity index is 665. The summed E-state index contributed by atoms with van der Waals surface area (Å²) in [4.78, 5) is 17.6. The van der Waals surface area contributed by atoms with Crippen LogP contribution in [-0.2, 0) is 11.3 Å². The minimum atomic E-state index is -0.189. The molecule has 22 heavy (non-hydrogen) atoms. The van der Waals surface area contributed by atoms with E-state index < -0.39 is 0 Å². The Morgan fingerprint density at radius 2 is 1.95 bits per heavy atom. The number of benzene rings is 1. The van der Waals surface area contributed by atoms with E-state index in [1.54, 1.807) is 24.3 Å². The molecule has 0 spiro atoms. The zero-order valence-electron chi connectivity index (χ0n) is 11.7. The van der Waals surface area contributed by atoms with Gasteiger partial charge in [0.05, 0.1) is 15.1 Å². The number of pyridine rings is 1. The Hall–Kier alpha value is -1.49. The first-order valence-corrected chi connectivity index (χ1v) is 7.51. The molecule has 0 bridgehead atoms. The maximum absolute atomic E-state index is 12.1. The first-order chi connectivity index (χ1) is 10.5. The molecule has 0 aliphatic rings. The Balaban J connectivity index is 1.94. The second-order valence-electron chi connectivity index (χ2n) is 4.60. The Morgan fingerprint density at radius 3 is 2.64 bits per heavy atom. The lowest BCUT2D eigenvalue weighted by Crippen LogP contribution is -2.31. The van der Waals surface area contributed by atoms with Gasteiger partial charge < -0.3 is 9.64 Å². The quantitative estimate of drug-likeness (QED) is 0.756. The number of carbonyl (C=O) groups excluding carboxylic acids is 1. The number of ether oxygens (including phenoxy) is 1. The number of aromatic nitrogens is 1. The third-order valence-electron chi connectivity index (χ3n) is 2.89. The molecule has 2 aromatic rings. The van der Waals surface area contributed by atoms with Crippen molar-refractivity contribution in [1.82, 2.24) is 9.88 Å². The van der Waals surface area contributed by atoms with Crippen molar-refractivity contribution in [3.05, 3.63) is 57.3 Å². The molecule has 0 aliphatic heterocycles. The number of nitrogens with zero attached hydrogens (tertiary/aromatic N) is 2. The average Bonchev–Trinajstić information content (AvgIpc) is 2.50. The zero-order valence-corrected chi connectivity index (χ0v) is 14.0. The van der Waals surface area contributed by atoms with E-state index >= 15 is 0 Å². The molecular formula is C15H13Cl3N2O2. The van der Waals surface area contributed by atoms with Gasteiger partial charge in [0.25, 0.3) is 5.91 Å². The number of halogens is 3. The van der Waals surface area contributed by atoms with Crippen LogP contribution < -0.4 is 4.74 Å². The number of carbonyl (C=O) groups is 1. The van der Waals surface area contributed by atoms with E-state index in [2.05, 4.69) is 4.98 Å². The summed E-state index contributed by atoms with van der Waals surface area (Å²) in [5.41, 5.74) is 0.936. The van der Waals surface area contributed by atoms with Crippen LogP contribution in [-0.4, -0.2) is 29.4 Å². The van der Waals surface area contributed by atoms with Gasteiger partial charge in [0.15, 0.2) is 6.61 Å².